The highest BCUT2D eigenvalue weighted by atomic mass is 14.9. The number of nitrogens with one attached hydrogen (secondary N) is 1. The van der Waals surface area contributed by atoms with Crippen LogP contribution in [0.3, 0.4) is 0 Å². The number of hydrogen-bond donors (Lipinski definition) is 1. The van der Waals surface area contributed by atoms with Gasteiger partial charge in [0, 0.05) is 36.6 Å². The lowest BCUT2D eigenvalue weighted by molar-refractivity contribution is 0.729. The van der Waals surface area contributed by atoms with Crippen molar-refractivity contribution in [2.24, 2.45) is 0 Å². The van der Waals surface area contributed by atoms with Crippen molar-refractivity contribution in [1.29, 1.82) is 0 Å². The van der Waals surface area contributed by atoms with Crippen LogP contribution in [0, 0.1) is 20.8 Å². The standard InChI is InChI=1S/C18H20N4/c1-12-8-20-18(21-9-12)7-16(17-10-19-11-22-17)15-6-4-5-13(2)14(15)3/h4-6,8-11,16H,7H2,1-3H3,(H,19,22)/t16-/m0/s1. The molecule has 2 heterocycles. The molecule has 4 nitrogen and oxygen atoms in total. The molecule has 0 bridgehead atoms. The number of benzene rings is 1. The van der Waals surface area contributed by atoms with Gasteiger partial charge in [-0.25, -0.2) is 15.0 Å². The zero-order valence-corrected chi connectivity index (χ0v) is 13.2. The number of aromatic amines is 1. The minimum Gasteiger partial charge on any atom is -0.348 e. The first kappa shape index (κ1) is 14.4. The molecule has 3 aromatic rings. The Hall–Kier alpha value is -2.49. The second-order valence-corrected chi connectivity index (χ2v) is 5.73. The lowest BCUT2D eigenvalue weighted by Crippen LogP contribution is -2.10. The molecule has 4 heteroatoms. The van der Waals surface area contributed by atoms with Crippen LogP contribution in [0.2, 0.25) is 0 Å². The van der Waals surface area contributed by atoms with Crippen LogP contribution in [0.5, 0.6) is 0 Å². The fraction of sp³-hybridized carbons (Fsp3) is 0.278. The van der Waals surface area contributed by atoms with Crippen molar-refractivity contribution in [3.63, 3.8) is 0 Å². The molecule has 1 atom stereocenters. The van der Waals surface area contributed by atoms with Crippen molar-refractivity contribution in [2.75, 3.05) is 0 Å². The Balaban J connectivity index is 2.01. The normalized spacial score (nSPS) is 12.3. The van der Waals surface area contributed by atoms with E-state index in [2.05, 4.69) is 52.0 Å². The molecule has 0 aliphatic carbocycles. The maximum absolute atomic E-state index is 4.46. The lowest BCUT2D eigenvalue weighted by Gasteiger charge is -2.19. The average molecular weight is 292 g/mol. The fourth-order valence-corrected chi connectivity index (χ4v) is 2.70. The Kier molecular flexibility index (Phi) is 4.00. The summed E-state index contributed by atoms with van der Waals surface area (Å²) in [7, 11) is 0. The van der Waals surface area contributed by atoms with Crippen LogP contribution < -0.4 is 0 Å². The van der Waals surface area contributed by atoms with E-state index in [4.69, 9.17) is 0 Å². The van der Waals surface area contributed by atoms with E-state index in [1.165, 1.54) is 16.7 Å². The third kappa shape index (κ3) is 2.91. The van der Waals surface area contributed by atoms with E-state index in [-0.39, 0.29) is 5.92 Å². The minimum atomic E-state index is 0.185. The van der Waals surface area contributed by atoms with Crippen LogP contribution in [0.15, 0.2) is 43.1 Å². The molecule has 0 aliphatic heterocycles. The number of nitrogens with zero attached hydrogens (tertiary/aromatic N) is 3. The summed E-state index contributed by atoms with van der Waals surface area (Å²) in [5, 5.41) is 0. The fourth-order valence-electron chi connectivity index (χ4n) is 2.70. The van der Waals surface area contributed by atoms with Crippen LogP contribution in [0.1, 0.15) is 39.7 Å². The molecule has 0 saturated carbocycles. The summed E-state index contributed by atoms with van der Waals surface area (Å²) in [5.74, 6) is 1.04. The Bertz CT molecular complexity index is 745. The molecule has 3 rings (SSSR count). The van der Waals surface area contributed by atoms with Gasteiger partial charge in [-0.05, 0) is 43.0 Å². The number of rotatable bonds is 4. The van der Waals surface area contributed by atoms with E-state index >= 15 is 0 Å². The van der Waals surface area contributed by atoms with Crippen LogP contribution in [0.25, 0.3) is 0 Å². The van der Waals surface area contributed by atoms with Gasteiger partial charge < -0.3 is 4.98 Å². The predicted octanol–water partition coefficient (Wildman–Crippen LogP) is 3.50. The number of aryl methyl sites for hydroxylation is 2. The van der Waals surface area contributed by atoms with Crippen molar-refractivity contribution >= 4 is 0 Å². The lowest BCUT2D eigenvalue weighted by atomic mass is 9.87. The zero-order chi connectivity index (χ0) is 15.5. The van der Waals surface area contributed by atoms with Crippen molar-refractivity contribution in [3.05, 3.63) is 76.9 Å². The molecule has 22 heavy (non-hydrogen) atoms. The second-order valence-electron chi connectivity index (χ2n) is 5.73. The van der Waals surface area contributed by atoms with Gasteiger partial charge in [0.1, 0.15) is 5.82 Å². The molecule has 0 unspecified atom stereocenters. The van der Waals surface area contributed by atoms with Crippen molar-refractivity contribution in [2.45, 2.75) is 33.1 Å². The van der Waals surface area contributed by atoms with Crippen LogP contribution in [-0.2, 0) is 6.42 Å². The van der Waals surface area contributed by atoms with E-state index in [0.29, 0.717) is 0 Å². The molecule has 0 saturated heterocycles. The van der Waals surface area contributed by atoms with Gasteiger partial charge in [0.05, 0.1) is 6.33 Å². The second kappa shape index (κ2) is 6.10. The molecule has 1 N–H and O–H groups in total. The third-order valence-corrected chi connectivity index (χ3v) is 4.14. The Labute approximate surface area is 130 Å². The molecule has 2 aromatic heterocycles. The smallest absolute Gasteiger partial charge is 0.129 e. The first-order chi connectivity index (χ1) is 10.6. The van der Waals surface area contributed by atoms with E-state index in [9.17, 15) is 0 Å². The molecule has 0 amide bonds. The molecule has 0 fully saturated rings. The Morgan fingerprint density at radius 3 is 2.50 bits per heavy atom. The molecule has 112 valence electrons. The molecule has 0 radical (unpaired) electrons. The summed E-state index contributed by atoms with van der Waals surface area (Å²) in [6.45, 7) is 6.32. The van der Waals surface area contributed by atoms with Crippen LogP contribution >= 0.6 is 0 Å². The van der Waals surface area contributed by atoms with Crippen LogP contribution in [-0.4, -0.2) is 19.9 Å². The first-order valence-electron chi connectivity index (χ1n) is 7.47. The quantitative estimate of drug-likeness (QED) is 0.800. The molecule has 1 aromatic carbocycles. The summed E-state index contributed by atoms with van der Waals surface area (Å²) in [6.07, 6.45) is 8.11. The summed E-state index contributed by atoms with van der Waals surface area (Å²) in [6, 6.07) is 6.43. The van der Waals surface area contributed by atoms with Crippen molar-refractivity contribution in [1.82, 2.24) is 19.9 Å². The van der Waals surface area contributed by atoms with E-state index in [1.54, 1.807) is 6.33 Å². The van der Waals surface area contributed by atoms with Crippen molar-refractivity contribution in [3.8, 4) is 0 Å². The zero-order valence-electron chi connectivity index (χ0n) is 13.2. The van der Waals surface area contributed by atoms with Gasteiger partial charge in [-0.3, -0.25) is 0 Å². The molecular weight excluding hydrogens is 272 g/mol. The van der Waals surface area contributed by atoms with Gasteiger partial charge in [0.2, 0.25) is 0 Å². The highest BCUT2D eigenvalue weighted by Crippen LogP contribution is 2.29. The molecule has 0 spiro atoms. The predicted molar refractivity (Wildman–Crippen MR) is 86.8 cm³/mol. The van der Waals surface area contributed by atoms with Crippen LogP contribution in [0.4, 0.5) is 0 Å². The van der Waals surface area contributed by atoms with Crippen molar-refractivity contribution < 1.29 is 0 Å². The highest BCUT2D eigenvalue weighted by Gasteiger charge is 2.20. The van der Waals surface area contributed by atoms with Gasteiger partial charge in [-0.2, -0.15) is 0 Å². The van der Waals surface area contributed by atoms with Gasteiger partial charge >= 0.3 is 0 Å². The van der Waals surface area contributed by atoms with Gasteiger partial charge in [-0.1, -0.05) is 18.2 Å². The monoisotopic (exact) mass is 292 g/mol. The largest absolute Gasteiger partial charge is 0.348 e. The van der Waals surface area contributed by atoms with Gasteiger partial charge in [0.25, 0.3) is 0 Å². The maximum atomic E-state index is 4.46. The highest BCUT2D eigenvalue weighted by molar-refractivity contribution is 5.39. The van der Waals surface area contributed by atoms with Gasteiger partial charge in [0.15, 0.2) is 0 Å². The first-order valence-corrected chi connectivity index (χ1v) is 7.47. The number of imidazole rings is 1. The summed E-state index contributed by atoms with van der Waals surface area (Å²) < 4.78 is 0. The van der Waals surface area contributed by atoms with E-state index in [1.807, 2.05) is 25.5 Å². The summed E-state index contributed by atoms with van der Waals surface area (Å²) in [4.78, 5) is 16.3. The summed E-state index contributed by atoms with van der Waals surface area (Å²) in [5.41, 5.74) is 6.08. The summed E-state index contributed by atoms with van der Waals surface area (Å²) >= 11 is 0. The number of aromatic nitrogens is 4. The average Bonchev–Trinajstić information content (AvgIpc) is 3.04. The molecular formula is C18H20N4. The molecule has 0 aliphatic rings. The topological polar surface area (TPSA) is 54.5 Å². The van der Waals surface area contributed by atoms with E-state index < -0.39 is 0 Å². The third-order valence-electron chi connectivity index (χ3n) is 4.14. The number of hydrogen-bond acceptors (Lipinski definition) is 3. The minimum absolute atomic E-state index is 0.185. The van der Waals surface area contributed by atoms with E-state index in [0.717, 1.165) is 23.5 Å². The number of H-pyrrole nitrogens is 1. The van der Waals surface area contributed by atoms with Gasteiger partial charge in [-0.15, -0.1) is 0 Å². The SMILES string of the molecule is Cc1cnc(C[C@H](c2cnc[nH]2)c2cccc(C)c2C)nc1. The Morgan fingerprint density at radius 2 is 1.82 bits per heavy atom. The maximum Gasteiger partial charge on any atom is 0.129 e. The Morgan fingerprint density at radius 1 is 1.05 bits per heavy atom.